The van der Waals surface area contributed by atoms with Crippen molar-refractivity contribution in [3.8, 4) is 0 Å². The Kier molecular flexibility index (Phi) is 3.41. The van der Waals surface area contributed by atoms with Gasteiger partial charge >= 0.3 is 6.18 Å². The van der Waals surface area contributed by atoms with Crippen LogP contribution in [0, 0.1) is 6.92 Å². The fourth-order valence-electron chi connectivity index (χ4n) is 1.73. The fourth-order valence-corrected chi connectivity index (χ4v) is 2.37. The Morgan fingerprint density at radius 1 is 1.33 bits per heavy atom. The van der Waals surface area contributed by atoms with Gasteiger partial charge in [0.05, 0.1) is 17.1 Å². The summed E-state index contributed by atoms with van der Waals surface area (Å²) in [6, 6.07) is 3.18. The summed E-state index contributed by atoms with van der Waals surface area (Å²) in [5.74, 6) is 0. The minimum absolute atomic E-state index is 0.431. The van der Waals surface area contributed by atoms with E-state index in [9.17, 15) is 13.2 Å². The molecule has 96 valence electrons. The number of rotatable bonds is 2. The van der Waals surface area contributed by atoms with Gasteiger partial charge in [0.25, 0.3) is 0 Å². The second-order valence-corrected chi connectivity index (χ2v) is 4.87. The van der Waals surface area contributed by atoms with Crippen LogP contribution in [-0.2, 0) is 6.18 Å². The van der Waals surface area contributed by atoms with Crippen molar-refractivity contribution in [1.29, 1.82) is 0 Å². The summed E-state index contributed by atoms with van der Waals surface area (Å²) < 4.78 is 37.6. The maximum atomic E-state index is 12.5. The Bertz CT molecular complexity index is 535. The average Bonchev–Trinajstić information content (AvgIpc) is 2.80. The molecular formula is C12H11F3N2S. The SMILES string of the molecule is Cc1cc(C(F)(F)F)ccc1C(N)c1cncs1. The molecule has 0 amide bonds. The van der Waals surface area contributed by atoms with Crippen molar-refractivity contribution >= 4 is 11.3 Å². The third-order valence-corrected chi connectivity index (χ3v) is 3.55. The molecule has 0 radical (unpaired) electrons. The van der Waals surface area contributed by atoms with E-state index in [1.807, 2.05) is 0 Å². The summed E-state index contributed by atoms with van der Waals surface area (Å²) in [5, 5.41) is 0. The van der Waals surface area contributed by atoms with Crippen LogP contribution in [0.2, 0.25) is 0 Å². The molecule has 0 saturated heterocycles. The molecule has 1 unspecified atom stereocenters. The summed E-state index contributed by atoms with van der Waals surface area (Å²) in [4.78, 5) is 4.75. The Morgan fingerprint density at radius 2 is 2.06 bits per heavy atom. The smallest absolute Gasteiger partial charge is 0.320 e. The molecule has 2 N–H and O–H groups in total. The van der Waals surface area contributed by atoms with Crippen molar-refractivity contribution in [2.75, 3.05) is 0 Å². The van der Waals surface area contributed by atoms with E-state index in [0.29, 0.717) is 11.1 Å². The van der Waals surface area contributed by atoms with E-state index in [1.165, 1.54) is 17.4 Å². The molecule has 0 spiro atoms. The van der Waals surface area contributed by atoms with Gasteiger partial charge in [0.1, 0.15) is 0 Å². The van der Waals surface area contributed by atoms with Crippen molar-refractivity contribution in [2.24, 2.45) is 5.73 Å². The summed E-state index contributed by atoms with van der Waals surface area (Å²) >= 11 is 1.39. The van der Waals surface area contributed by atoms with Gasteiger partial charge in [-0.15, -0.1) is 11.3 Å². The minimum Gasteiger partial charge on any atom is -0.320 e. The van der Waals surface area contributed by atoms with E-state index in [1.54, 1.807) is 18.6 Å². The van der Waals surface area contributed by atoms with Crippen LogP contribution in [0.25, 0.3) is 0 Å². The van der Waals surface area contributed by atoms with Crippen molar-refractivity contribution in [1.82, 2.24) is 4.98 Å². The van der Waals surface area contributed by atoms with Gasteiger partial charge in [0.15, 0.2) is 0 Å². The summed E-state index contributed by atoms with van der Waals surface area (Å²) in [6.45, 7) is 1.63. The van der Waals surface area contributed by atoms with E-state index in [-0.39, 0.29) is 0 Å². The van der Waals surface area contributed by atoms with Crippen LogP contribution in [0.5, 0.6) is 0 Å². The van der Waals surface area contributed by atoms with E-state index >= 15 is 0 Å². The first-order chi connectivity index (χ1) is 8.39. The first kappa shape index (κ1) is 13.0. The Balaban J connectivity index is 2.36. The number of aryl methyl sites for hydroxylation is 1. The lowest BCUT2D eigenvalue weighted by Crippen LogP contribution is -2.13. The lowest BCUT2D eigenvalue weighted by Gasteiger charge is -2.15. The Hall–Kier alpha value is -1.40. The molecule has 18 heavy (non-hydrogen) atoms. The number of alkyl halides is 3. The number of thiazole rings is 1. The van der Waals surface area contributed by atoms with Crippen LogP contribution in [0.15, 0.2) is 29.9 Å². The lowest BCUT2D eigenvalue weighted by molar-refractivity contribution is -0.137. The molecule has 2 rings (SSSR count). The second-order valence-electron chi connectivity index (χ2n) is 3.95. The van der Waals surface area contributed by atoms with Crippen LogP contribution in [0.4, 0.5) is 13.2 Å². The van der Waals surface area contributed by atoms with E-state index in [4.69, 9.17) is 5.73 Å². The summed E-state index contributed by atoms with van der Waals surface area (Å²) in [6.07, 6.45) is -2.69. The largest absolute Gasteiger partial charge is 0.416 e. The van der Waals surface area contributed by atoms with Gasteiger partial charge in [-0.1, -0.05) is 6.07 Å². The highest BCUT2D eigenvalue weighted by molar-refractivity contribution is 7.09. The number of nitrogens with two attached hydrogens (primary N) is 1. The van der Waals surface area contributed by atoms with Crippen molar-refractivity contribution in [3.05, 3.63) is 51.5 Å². The van der Waals surface area contributed by atoms with Crippen LogP contribution >= 0.6 is 11.3 Å². The van der Waals surface area contributed by atoms with Gasteiger partial charge in [-0.25, -0.2) is 0 Å². The molecule has 0 bridgehead atoms. The van der Waals surface area contributed by atoms with Gasteiger partial charge < -0.3 is 5.73 Å². The second kappa shape index (κ2) is 4.70. The van der Waals surface area contributed by atoms with E-state index in [0.717, 1.165) is 17.0 Å². The van der Waals surface area contributed by atoms with E-state index in [2.05, 4.69) is 4.98 Å². The van der Waals surface area contributed by atoms with E-state index < -0.39 is 17.8 Å². The highest BCUT2D eigenvalue weighted by atomic mass is 32.1. The maximum Gasteiger partial charge on any atom is 0.416 e. The molecule has 1 aromatic heterocycles. The van der Waals surface area contributed by atoms with Gasteiger partial charge in [-0.05, 0) is 30.2 Å². The molecule has 6 heteroatoms. The van der Waals surface area contributed by atoms with Crippen LogP contribution in [0.1, 0.15) is 27.6 Å². The number of hydrogen-bond donors (Lipinski definition) is 1. The average molecular weight is 272 g/mol. The molecule has 1 heterocycles. The van der Waals surface area contributed by atoms with Crippen LogP contribution in [-0.4, -0.2) is 4.98 Å². The molecule has 0 fully saturated rings. The zero-order chi connectivity index (χ0) is 13.3. The topological polar surface area (TPSA) is 38.9 Å². The minimum atomic E-state index is -4.32. The van der Waals surface area contributed by atoms with Crippen LogP contribution in [0.3, 0.4) is 0 Å². The predicted octanol–water partition coefficient (Wildman–Crippen LogP) is 3.52. The third kappa shape index (κ3) is 2.54. The van der Waals surface area contributed by atoms with Gasteiger partial charge in [-0.3, -0.25) is 4.98 Å². The molecule has 0 aliphatic carbocycles. The monoisotopic (exact) mass is 272 g/mol. The Labute approximate surface area is 106 Å². The molecule has 0 aliphatic rings. The zero-order valence-corrected chi connectivity index (χ0v) is 10.3. The Morgan fingerprint density at radius 3 is 2.56 bits per heavy atom. The van der Waals surface area contributed by atoms with Gasteiger partial charge in [0.2, 0.25) is 0 Å². The van der Waals surface area contributed by atoms with Crippen molar-refractivity contribution in [2.45, 2.75) is 19.1 Å². The highest BCUT2D eigenvalue weighted by Crippen LogP contribution is 2.32. The molecule has 1 aromatic carbocycles. The van der Waals surface area contributed by atoms with Gasteiger partial charge in [0, 0.05) is 11.1 Å². The quantitative estimate of drug-likeness (QED) is 0.908. The number of aromatic nitrogens is 1. The molecule has 1 atom stereocenters. The number of halogens is 3. The molecule has 2 nitrogen and oxygen atoms in total. The molecule has 2 aromatic rings. The molecule has 0 aliphatic heterocycles. The first-order valence-electron chi connectivity index (χ1n) is 5.21. The zero-order valence-electron chi connectivity index (χ0n) is 9.53. The predicted molar refractivity (Wildman–Crippen MR) is 64.3 cm³/mol. The van der Waals surface area contributed by atoms with Crippen molar-refractivity contribution in [3.63, 3.8) is 0 Å². The normalized spacial score (nSPS) is 13.6. The van der Waals surface area contributed by atoms with Crippen LogP contribution < -0.4 is 5.73 Å². The molecular weight excluding hydrogens is 261 g/mol. The number of nitrogens with zero attached hydrogens (tertiary/aromatic N) is 1. The fraction of sp³-hybridized carbons (Fsp3) is 0.250. The summed E-state index contributed by atoms with van der Waals surface area (Å²) in [5.41, 5.74) is 8.23. The maximum absolute atomic E-state index is 12.5. The number of hydrogen-bond acceptors (Lipinski definition) is 3. The standard InChI is InChI=1S/C12H11F3N2S/c1-7-4-8(12(13,14)15)2-3-9(7)11(16)10-5-17-6-18-10/h2-6,11H,16H2,1H3. The third-order valence-electron chi connectivity index (χ3n) is 2.69. The number of benzene rings is 1. The first-order valence-corrected chi connectivity index (χ1v) is 6.09. The molecule has 0 saturated carbocycles. The lowest BCUT2D eigenvalue weighted by atomic mass is 9.98. The van der Waals surface area contributed by atoms with Gasteiger partial charge in [-0.2, -0.15) is 13.2 Å². The summed E-state index contributed by atoms with van der Waals surface area (Å²) in [7, 11) is 0. The van der Waals surface area contributed by atoms with Crippen molar-refractivity contribution < 1.29 is 13.2 Å². The highest BCUT2D eigenvalue weighted by Gasteiger charge is 2.31.